The molecule has 7 nitrogen and oxygen atoms in total. The van der Waals surface area contributed by atoms with E-state index in [1.54, 1.807) is 19.1 Å². The van der Waals surface area contributed by atoms with Gasteiger partial charge in [0.25, 0.3) is 0 Å². The Morgan fingerprint density at radius 2 is 1.56 bits per heavy atom. The number of sulfonamides is 1. The molecule has 2 amide bonds. The van der Waals surface area contributed by atoms with Crippen molar-refractivity contribution in [2.24, 2.45) is 0 Å². The minimum absolute atomic E-state index is 0.0809. The molecule has 174 valence electrons. The number of amides is 2. The Morgan fingerprint density at radius 3 is 2.12 bits per heavy atom. The molecule has 0 aliphatic heterocycles. The molecule has 1 atom stereocenters. The Balaban J connectivity index is 2.40. The van der Waals surface area contributed by atoms with E-state index in [-0.39, 0.29) is 25.0 Å². The molecule has 32 heavy (non-hydrogen) atoms. The minimum atomic E-state index is -3.73. The highest BCUT2D eigenvalue weighted by Crippen LogP contribution is 2.24. The highest BCUT2D eigenvalue weighted by atomic mass is 32.2. The van der Waals surface area contributed by atoms with Gasteiger partial charge in [-0.3, -0.25) is 13.9 Å². The van der Waals surface area contributed by atoms with Gasteiger partial charge in [-0.05, 0) is 44.4 Å². The van der Waals surface area contributed by atoms with E-state index in [0.717, 1.165) is 21.7 Å². The lowest BCUT2D eigenvalue weighted by Crippen LogP contribution is -2.52. The van der Waals surface area contributed by atoms with Crippen molar-refractivity contribution in [3.63, 3.8) is 0 Å². The largest absolute Gasteiger partial charge is 0.352 e. The number of benzene rings is 2. The molecule has 0 radical (unpaired) electrons. The molecule has 0 aliphatic carbocycles. The predicted octanol–water partition coefficient (Wildman–Crippen LogP) is 2.96. The van der Waals surface area contributed by atoms with Gasteiger partial charge in [-0.1, -0.05) is 55.5 Å². The molecule has 0 aromatic heterocycles. The molecule has 0 saturated heterocycles. The van der Waals surface area contributed by atoms with Crippen LogP contribution in [-0.2, 0) is 32.6 Å². The summed E-state index contributed by atoms with van der Waals surface area (Å²) in [5, 5.41) is 2.83. The zero-order chi connectivity index (χ0) is 23.9. The van der Waals surface area contributed by atoms with Gasteiger partial charge in [0.05, 0.1) is 11.9 Å². The monoisotopic (exact) mass is 459 g/mol. The molecule has 0 aliphatic rings. The van der Waals surface area contributed by atoms with Crippen molar-refractivity contribution in [1.82, 2.24) is 10.2 Å². The molecule has 0 spiro atoms. The summed E-state index contributed by atoms with van der Waals surface area (Å²) in [5.74, 6) is -0.735. The summed E-state index contributed by atoms with van der Waals surface area (Å²) in [6.45, 7) is 7.09. The van der Waals surface area contributed by atoms with E-state index in [2.05, 4.69) is 5.32 Å². The normalized spacial score (nSPS) is 12.3. The van der Waals surface area contributed by atoms with Gasteiger partial charge >= 0.3 is 0 Å². The van der Waals surface area contributed by atoms with Crippen LogP contribution in [-0.4, -0.2) is 50.0 Å². The molecule has 8 heteroatoms. The summed E-state index contributed by atoms with van der Waals surface area (Å²) in [5.41, 5.74) is 2.15. The van der Waals surface area contributed by atoms with Gasteiger partial charge in [0.2, 0.25) is 21.8 Å². The SMILES string of the molecule is CCc1ccccc1N(CC(=O)N(Cc1ccccc1)[C@@H](C)C(=O)NC(C)C)S(C)(=O)=O. The number of nitrogens with zero attached hydrogens (tertiary/aromatic N) is 2. The number of carbonyl (C=O) groups is 2. The number of nitrogens with one attached hydrogen (secondary N) is 1. The van der Waals surface area contributed by atoms with E-state index < -0.39 is 22.0 Å². The van der Waals surface area contributed by atoms with Crippen LogP contribution in [0.4, 0.5) is 5.69 Å². The van der Waals surface area contributed by atoms with Gasteiger partial charge in [-0.25, -0.2) is 8.42 Å². The zero-order valence-corrected chi connectivity index (χ0v) is 20.2. The molecular formula is C24H33N3O4S. The smallest absolute Gasteiger partial charge is 0.244 e. The summed E-state index contributed by atoms with van der Waals surface area (Å²) in [7, 11) is -3.73. The lowest BCUT2D eigenvalue weighted by Gasteiger charge is -2.32. The van der Waals surface area contributed by atoms with Gasteiger partial charge in [0.15, 0.2) is 0 Å². The second-order valence-corrected chi connectivity index (χ2v) is 10.0. The van der Waals surface area contributed by atoms with Crippen LogP contribution in [0.25, 0.3) is 0 Å². The summed E-state index contributed by atoms with van der Waals surface area (Å²) in [6, 6.07) is 15.6. The van der Waals surface area contributed by atoms with Gasteiger partial charge in [0.1, 0.15) is 12.6 Å². The first-order valence-corrected chi connectivity index (χ1v) is 12.6. The number of hydrogen-bond donors (Lipinski definition) is 1. The van der Waals surface area contributed by atoms with Crippen molar-refractivity contribution in [2.75, 3.05) is 17.1 Å². The van der Waals surface area contributed by atoms with Crippen molar-refractivity contribution in [3.8, 4) is 0 Å². The number of para-hydroxylation sites is 1. The van der Waals surface area contributed by atoms with Gasteiger partial charge < -0.3 is 10.2 Å². The van der Waals surface area contributed by atoms with E-state index in [9.17, 15) is 18.0 Å². The maximum atomic E-state index is 13.4. The number of aryl methyl sites for hydroxylation is 1. The Morgan fingerprint density at radius 1 is 0.969 bits per heavy atom. The van der Waals surface area contributed by atoms with Crippen LogP contribution in [0.3, 0.4) is 0 Å². The van der Waals surface area contributed by atoms with Crippen molar-refractivity contribution in [3.05, 3.63) is 65.7 Å². The highest BCUT2D eigenvalue weighted by molar-refractivity contribution is 7.92. The molecule has 2 aromatic rings. The zero-order valence-electron chi connectivity index (χ0n) is 19.4. The third-order valence-electron chi connectivity index (χ3n) is 5.11. The minimum Gasteiger partial charge on any atom is -0.352 e. The fourth-order valence-corrected chi connectivity index (χ4v) is 4.30. The number of rotatable bonds is 10. The molecule has 0 fully saturated rings. The molecule has 2 aromatic carbocycles. The van der Waals surface area contributed by atoms with Crippen LogP contribution in [0.15, 0.2) is 54.6 Å². The molecule has 0 heterocycles. The summed E-state index contributed by atoms with van der Waals surface area (Å²) in [4.78, 5) is 27.6. The quantitative estimate of drug-likeness (QED) is 0.592. The number of anilines is 1. The topological polar surface area (TPSA) is 86.8 Å². The van der Waals surface area contributed by atoms with E-state index in [1.807, 2.05) is 63.2 Å². The maximum absolute atomic E-state index is 13.4. The summed E-state index contributed by atoms with van der Waals surface area (Å²) in [6.07, 6.45) is 1.71. The van der Waals surface area contributed by atoms with Crippen molar-refractivity contribution in [2.45, 2.75) is 52.7 Å². The first kappa shape index (κ1) is 25.4. The first-order valence-electron chi connectivity index (χ1n) is 10.7. The second-order valence-electron chi connectivity index (χ2n) is 8.10. The second kappa shape index (κ2) is 11.1. The Bertz CT molecular complexity index is 1020. The van der Waals surface area contributed by atoms with Gasteiger partial charge in [0, 0.05) is 12.6 Å². The molecule has 2 rings (SSSR count). The van der Waals surface area contributed by atoms with E-state index in [1.165, 1.54) is 4.90 Å². The molecular weight excluding hydrogens is 426 g/mol. The number of carbonyl (C=O) groups excluding carboxylic acids is 2. The van der Waals surface area contributed by atoms with Crippen LogP contribution < -0.4 is 9.62 Å². The van der Waals surface area contributed by atoms with Crippen LogP contribution in [0.1, 0.15) is 38.8 Å². The number of hydrogen-bond acceptors (Lipinski definition) is 4. The van der Waals surface area contributed by atoms with Crippen LogP contribution in [0, 0.1) is 0 Å². The average molecular weight is 460 g/mol. The fourth-order valence-electron chi connectivity index (χ4n) is 3.42. The van der Waals surface area contributed by atoms with E-state index in [0.29, 0.717) is 12.1 Å². The molecule has 0 unspecified atom stereocenters. The maximum Gasteiger partial charge on any atom is 0.244 e. The van der Waals surface area contributed by atoms with Crippen LogP contribution in [0.5, 0.6) is 0 Å². The van der Waals surface area contributed by atoms with Crippen molar-refractivity contribution < 1.29 is 18.0 Å². The molecule has 0 bridgehead atoms. The fraction of sp³-hybridized carbons (Fsp3) is 0.417. The standard InChI is InChI=1S/C24H33N3O4S/c1-6-21-14-10-11-15-22(21)27(32(5,30)31)17-23(28)26(16-20-12-8-7-9-13-20)19(4)24(29)25-18(2)3/h7-15,18-19H,6,16-17H2,1-5H3,(H,25,29)/t19-/m0/s1. The van der Waals surface area contributed by atoms with Crippen molar-refractivity contribution >= 4 is 27.5 Å². The Hall–Kier alpha value is -2.87. The Kier molecular flexibility index (Phi) is 8.83. The van der Waals surface area contributed by atoms with Crippen LogP contribution >= 0.6 is 0 Å². The highest BCUT2D eigenvalue weighted by Gasteiger charge is 2.30. The van der Waals surface area contributed by atoms with E-state index >= 15 is 0 Å². The molecule has 1 N–H and O–H groups in total. The lowest BCUT2D eigenvalue weighted by molar-refractivity contribution is -0.139. The lowest BCUT2D eigenvalue weighted by atomic mass is 10.1. The third kappa shape index (κ3) is 6.82. The van der Waals surface area contributed by atoms with E-state index in [4.69, 9.17) is 0 Å². The third-order valence-corrected chi connectivity index (χ3v) is 6.24. The van der Waals surface area contributed by atoms with Gasteiger partial charge in [-0.2, -0.15) is 0 Å². The summed E-state index contributed by atoms with van der Waals surface area (Å²) < 4.78 is 26.4. The predicted molar refractivity (Wildman–Crippen MR) is 128 cm³/mol. The summed E-state index contributed by atoms with van der Waals surface area (Å²) >= 11 is 0. The molecule has 0 saturated carbocycles. The van der Waals surface area contributed by atoms with Crippen LogP contribution in [0.2, 0.25) is 0 Å². The Labute approximate surface area is 191 Å². The average Bonchev–Trinajstić information content (AvgIpc) is 2.74. The van der Waals surface area contributed by atoms with Crippen molar-refractivity contribution in [1.29, 1.82) is 0 Å². The van der Waals surface area contributed by atoms with Gasteiger partial charge in [-0.15, -0.1) is 0 Å². The first-order chi connectivity index (χ1) is 15.0.